The Morgan fingerprint density at radius 1 is 1.16 bits per heavy atom. The molecule has 0 radical (unpaired) electrons. The highest BCUT2D eigenvalue weighted by atomic mass is 127. The lowest BCUT2D eigenvalue weighted by atomic mass is 10.1. The highest BCUT2D eigenvalue weighted by Gasteiger charge is 2.07. The maximum Gasteiger partial charge on any atom is 0.191 e. The fourth-order valence-corrected chi connectivity index (χ4v) is 3.08. The van der Waals surface area contributed by atoms with Crippen LogP contribution in [0.3, 0.4) is 0 Å². The van der Waals surface area contributed by atoms with Gasteiger partial charge in [0, 0.05) is 26.7 Å². The van der Waals surface area contributed by atoms with Crippen molar-refractivity contribution in [2.24, 2.45) is 4.99 Å². The molecule has 2 N–H and O–H groups in total. The number of hydrogen-bond donors (Lipinski definition) is 2. The minimum absolute atomic E-state index is 0. The van der Waals surface area contributed by atoms with Crippen LogP contribution in [0.4, 0.5) is 0 Å². The Bertz CT molecular complexity index is 614. The van der Waals surface area contributed by atoms with Gasteiger partial charge >= 0.3 is 0 Å². The fraction of sp³-hybridized carbons (Fsp3) is 0.421. The molecule has 0 bridgehead atoms. The summed E-state index contributed by atoms with van der Waals surface area (Å²) in [6.45, 7) is 7.27. The molecule has 0 aliphatic rings. The van der Waals surface area contributed by atoms with Crippen molar-refractivity contribution >= 4 is 41.3 Å². The zero-order valence-corrected chi connectivity index (χ0v) is 18.3. The molecule has 4 nitrogen and oxygen atoms in total. The molecule has 6 heteroatoms. The van der Waals surface area contributed by atoms with Crippen LogP contribution in [0.15, 0.2) is 46.1 Å². The van der Waals surface area contributed by atoms with Gasteiger partial charge in [-0.2, -0.15) is 11.3 Å². The van der Waals surface area contributed by atoms with Crippen LogP contribution in [-0.2, 0) is 17.9 Å². The maximum atomic E-state index is 5.42. The van der Waals surface area contributed by atoms with Crippen LogP contribution >= 0.6 is 35.3 Å². The van der Waals surface area contributed by atoms with E-state index in [0.717, 1.165) is 25.7 Å². The van der Waals surface area contributed by atoms with Gasteiger partial charge in [-0.05, 0) is 46.4 Å². The van der Waals surface area contributed by atoms with E-state index in [1.165, 1.54) is 16.7 Å². The summed E-state index contributed by atoms with van der Waals surface area (Å²) in [5, 5.41) is 11.1. The molecule has 0 amide bonds. The summed E-state index contributed by atoms with van der Waals surface area (Å²) in [5.41, 5.74) is 3.80. The van der Waals surface area contributed by atoms with Crippen LogP contribution in [0.25, 0.3) is 0 Å². The number of hydrogen-bond acceptors (Lipinski definition) is 3. The molecule has 0 saturated carbocycles. The second kappa shape index (κ2) is 12.3. The smallest absolute Gasteiger partial charge is 0.191 e. The third kappa shape index (κ3) is 7.75. The van der Waals surface area contributed by atoms with Crippen LogP contribution in [0, 0.1) is 0 Å². The molecule has 1 unspecified atom stereocenters. The minimum Gasteiger partial charge on any atom is -0.377 e. The number of nitrogens with one attached hydrogen (secondary N) is 2. The number of rotatable bonds is 8. The summed E-state index contributed by atoms with van der Waals surface area (Å²) in [4.78, 5) is 4.29. The average Bonchev–Trinajstić information content (AvgIpc) is 3.15. The predicted molar refractivity (Wildman–Crippen MR) is 118 cm³/mol. The number of benzene rings is 1. The standard InChI is InChI=1S/C19H27N3OS.HI/c1-4-23-13-17-7-5-16(6-8-17)12-22-19(20-3)21-11-15(2)18-9-10-24-14-18;/h5-10,14-15H,4,11-13H2,1-3H3,(H2,20,21,22);1H. The highest BCUT2D eigenvalue weighted by Crippen LogP contribution is 2.16. The van der Waals surface area contributed by atoms with Gasteiger partial charge in [0.15, 0.2) is 5.96 Å². The van der Waals surface area contributed by atoms with Crippen molar-refractivity contribution in [1.29, 1.82) is 0 Å². The molecule has 2 aromatic rings. The van der Waals surface area contributed by atoms with Crippen molar-refractivity contribution in [1.82, 2.24) is 10.6 Å². The Kier molecular flexibility index (Phi) is 10.8. The van der Waals surface area contributed by atoms with Gasteiger partial charge < -0.3 is 15.4 Å². The molecular formula is C19H28IN3OS. The second-order valence-corrected chi connectivity index (χ2v) is 6.50. The summed E-state index contributed by atoms with van der Waals surface area (Å²) < 4.78 is 5.42. The summed E-state index contributed by atoms with van der Waals surface area (Å²) in [5.74, 6) is 1.29. The van der Waals surface area contributed by atoms with Crippen molar-refractivity contribution in [2.75, 3.05) is 20.2 Å². The zero-order chi connectivity index (χ0) is 17.2. The molecule has 0 fully saturated rings. The molecule has 138 valence electrons. The lowest BCUT2D eigenvalue weighted by molar-refractivity contribution is 0.134. The first-order valence-electron chi connectivity index (χ1n) is 8.35. The van der Waals surface area contributed by atoms with E-state index >= 15 is 0 Å². The number of ether oxygens (including phenoxy) is 1. The maximum absolute atomic E-state index is 5.42. The highest BCUT2D eigenvalue weighted by molar-refractivity contribution is 14.0. The lowest BCUT2D eigenvalue weighted by Crippen LogP contribution is -2.38. The first kappa shape index (κ1) is 21.9. The fourth-order valence-electron chi connectivity index (χ4n) is 2.30. The Morgan fingerprint density at radius 3 is 2.48 bits per heavy atom. The Morgan fingerprint density at radius 2 is 1.88 bits per heavy atom. The third-order valence-corrected chi connectivity index (χ3v) is 4.57. The van der Waals surface area contributed by atoms with Crippen LogP contribution < -0.4 is 10.6 Å². The molecule has 1 heterocycles. The first-order chi connectivity index (χ1) is 11.7. The number of guanidine groups is 1. The minimum atomic E-state index is 0. The van der Waals surface area contributed by atoms with E-state index in [0.29, 0.717) is 12.5 Å². The monoisotopic (exact) mass is 473 g/mol. The Labute approximate surface area is 172 Å². The molecule has 2 rings (SSSR count). The van der Waals surface area contributed by atoms with Crippen molar-refractivity contribution < 1.29 is 4.74 Å². The first-order valence-corrected chi connectivity index (χ1v) is 9.29. The normalized spacial score (nSPS) is 12.4. The van der Waals surface area contributed by atoms with Gasteiger partial charge in [0.1, 0.15) is 0 Å². The average molecular weight is 473 g/mol. The van der Waals surface area contributed by atoms with Gasteiger partial charge in [0.25, 0.3) is 0 Å². The molecule has 25 heavy (non-hydrogen) atoms. The number of halogens is 1. The van der Waals surface area contributed by atoms with Crippen LogP contribution in [0.2, 0.25) is 0 Å². The molecule has 1 atom stereocenters. The van der Waals surface area contributed by atoms with E-state index in [-0.39, 0.29) is 24.0 Å². The topological polar surface area (TPSA) is 45.6 Å². The van der Waals surface area contributed by atoms with Gasteiger partial charge in [-0.15, -0.1) is 24.0 Å². The van der Waals surface area contributed by atoms with Crippen molar-refractivity contribution in [2.45, 2.75) is 32.9 Å². The van der Waals surface area contributed by atoms with E-state index < -0.39 is 0 Å². The summed E-state index contributed by atoms with van der Waals surface area (Å²) >= 11 is 1.74. The molecule has 0 saturated heterocycles. The zero-order valence-electron chi connectivity index (χ0n) is 15.1. The SMILES string of the molecule is CCOCc1ccc(CNC(=NC)NCC(C)c2ccsc2)cc1.I. The van der Waals surface area contributed by atoms with Gasteiger partial charge in [0.05, 0.1) is 6.61 Å². The van der Waals surface area contributed by atoms with Gasteiger partial charge in [-0.1, -0.05) is 31.2 Å². The van der Waals surface area contributed by atoms with Gasteiger partial charge in [-0.25, -0.2) is 0 Å². The molecule has 0 spiro atoms. The molecular weight excluding hydrogens is 445 g/mol. The van der Waals surface area contributed by atoms with Gasteiger partial charge in [-0.3, -0.25) is 4.99 Å². The van der Waals surface area contributed by atoms with Crippen LogP contribution in [-0.4, -0.2) is 26.2 Å². The van der Waals surface area contributed by atoms with Crippen LogP contribution in [0.5, 0.6) is 0 Å². The Balaban J connectivity index is 0.00000312. The van der Waals surface area contributed by atoms with Crippen molar-refractivity contribution in [3.05, 3.63) is 57.8 Å². The molecule has 0 aliphatic carbocycles. The van der Waals surface area contributed by atoms with E-state index in [2.05, 4.69) is 63.6 Å². The predicted octanol–water partition coefficient (Wildman–Crippen LogP) is 4.37. The van der Waals surface area contributed by atoms with E-state index in [1.807, 2.05) is 6.92 Å². The third-order valence-electron chi connectivity index (χ3n) is 3.87. The van der Waals surface area contributed by atoms with Crippen LogP contribution in [0.1, 0.15) is 36.5 Å². The van der Waals surface area contributed by atoms with Gasteiger partial charge in [0.2, 0.25) is 0 Å². The van der Waals surface area contributed by atoms with E-state index in [9.17, 15) is 0 Å². The molecule has 1 aromatic carbocycles. The number of nitrogens with zero attached hydrogens (tertiary/aromatic N) is 1. The number of aliphatic imine (C=N–C) groups is 1. The molecule has 0 aliphatic heterocycles. The molecule has 1 aromatic heterocycles. The van der Waals surface area contributed by atoms with E-state index in [1.54, 1.807) is 18.4 Å². The summed E-state index contributed by atoms with van der Waals surface area (Å²) in [6, 6.07) is 10.7. The summed E-state index contributed by atoms with van der Waals surface area (Å²) in [7, 11) is 1.80. The Hall–Kier alpha value is -1.12. The number of thiophene rings is 1. The quantitative estimate of drug-likeness (QED) is 0.340. The lowest BCUT2D eigenvalue weighted by Gasteiger charge is -2.15. The summed E-state index contributed by atoms with van der Waals surface area (Å²) in [6.07, 6.45) is 0. The van der Waals surface area contributed by atoms with E-state index in [4.69, 9.17) is 4.74 Å². The van der Waals surface area contributed by atoms with Crippen molar-refractivity contribution in [3.63, 3.8) is 0 Å². The second-order valence-electron chi connectivity index (χ2n) is 5.72. The van der Waals surface area contributed by atoms with Crippen molar-refractivity contribution in [3.8, 4) is 0 Å². The largest absolute Gasteiger partial charge is 0.377 e.